The molecule has 0 N–H and O–H groups in total. The number of alkyl halides is 3. The first-order valence-corrected chi connectivity index (χ1v) is 4.07. The zero-order valence-electron chi connectivity index (χ0n) is 6.98. The Hall–Kier alpha value is -1.15. The molecular formula is C8H6ClF3N2. The third-order valence-electron chi connectivity index (χ3n) is 1.63. The summed E-state index contributed by atoms with van der Waals surface area (Å²) in [6.45, 7) is -0.434. The first-order chi connectivity index (χ1) is 6.43. The van der Waals surface area contributed by atoms with E-state index in [2.05, 4.69) is 0 Å². The zero-order chi connectivity index (χ0) is 10.8. The van der Waals surface area contributed by atoms with Gasteiger partial charge in [0, 0.05) is 12.7 Å². The second-order valence-corrected chi connectivity index (χ2v) is 3.18. The van der Waals surface area contributed by atoms with Crippen LogP contribution >= 0.6 is 11.6 Å². The minimum absolute atomic E-state index is 0.0150. The minimum atomic E-state index is -4.39. The van der Waals surface area contributed by atoms with Crippen LogP contribution in [0, 0.1) is 11.3 Å². The Labute approximate surface area is 83.9 Å². The van der Waals surface area contributed by atoms with E-state index >= 15 is 0 Å². The average Bonchev–Trinajstić information content (AvgIpc) is 2.02. The Morgan fingerprint density at radius 1 is 1.57 bits per heavy atom. The lowest BCUT2D eigenvalue weighted by Crippen LogP contribution is -2.29. The molecular weight excluding hydrogens is 217 g/mol. The summed E-state index contributed by atoms with van der Waals surface area (Å²) in [6.07, 6.45) is -2.20. The van der Waals surface area contributed by atoms with Gasteiger partial charge in [0.25, 0.3) is 0 Å². The topological polar surface area (TPSA) is 27.0 Å². The molecule has 0 aromatic rings. The molecule has 0 aliphatic carbocycles. The number of hydrogen-bond acceptors (Lipinski definition) is 2. The lowest BCUT2D eigenvalue weighted by Gasteiger charge is -2.24. The van der Waals surface area contributed by atoms with Gasteiger partial charge in [0.1, 0.15) is 6.54 Å². The SMILES string of the molecule is N#CCN1C=C(Cl)C=C(C(F)(F)F)C1. The predicted molar refractivity (Wildman–Crippen MR) is 45.3 cm³/mol. The fourth-order valence-corrected chi connectivity index (χ4v) is 1.32. The summed E-state index contributed by atoms with van der Waals surface area (Å²) >= 11 is 5.48. The standard InChI is InChI=1S/C8H6ClF3N2/c9-7-3-6(8(10,11)12)4-14(5-7)2-1-13/h3,5H,2,4H2. The quantitative estimate of drug-likeness (QED) is 0.637. The number of allylic oxidation sites excluding steroid dienone is 2. The molecule has 1 rings (SSSR count). The van der Waals surface area contributed by atoms with Crippen molar-refractivity contribution in [1.82, 2.24) is 4.90 Å². The summed E-state index contributed by atoms with van der Waals surface area (Å²) in [6, 6.07) is 1.76. The van der Waals surface area contributed by atoms with Gasteiger partial charge >= 0.3 is 6.18 Å². The summed E-state index contributed by atoms with van der Waals surface area (Å²) in [5, 5.41) is 8.31. The Kier molecular flexibility index (Phi) is 3.06. The monoisotopic (exact) mass is 222 g/mol. The first kappa shape index (κ1) is 10.9. The average molecular weight is 223 g/mol. The van der Waals surface area contributed by atoms with Crippen LogP contribution in [-0.2, 0) is 0 Å². The summed E-state index contributed by atoms with van der Waals surface area (Å²) in [7, 11) is 0. The van der Waals surface area contributed by atoms with Gasteiger partial charge in [-0.1, -0.05) is 11.6 Å². The van der Waals surface area contributed by atoms with Gasteiger partial charge in [-0.25, -0.2) is 0 Å². The van der Waals surface area contributed by atoms with Crippen LogP contribution in [0.2, 0.25) is 0 Å². The highest BCUT2D eigenvalue weighted by molar-refractivity contribution is 6.31. The van der Waals surface area contributed by atoms with Crippen molar-refractivity contribution in [2.45, 2.75) is 6.18 Å². The van der Waals surface area contributed by atoms with Crippen molar-refractivity contribution in [2.24, 2.45) is 0 Å². The lowest BCUT2D eigenvalue weighted by molar-refractivity contribution is -0.0951. The lowest BCUT2D eigenvalue weighted by atomic mass is 10.2. The van der Waals surface area contributed by atoms with Crippen LogP contribution in [0.25, 0.3) is 0 Å². The highest BCUT2D eigenvalue weighted by Gasteiger charge is 2.35. The fourth-order valence-electron chi connectivity index (χ4n) is 1.05. The molecule has 2 nitrogen and oxygen atoms in total. The van der Waals surface area contributed by atoms with Gasteiger partial charge in [-0.05, 0) is 6.08 Å². The third-order valence-corrected chi connectivity index (χ3v) is 1.84. The molecule has 76 valence electrons. The van der Waals surface area contributed by atoms with Gasteiger partial charge in [0.05, 0.1) is 16.7 Å². The molecule has 0 aromatic heterocycles. The van der Waals surface area contributed by atoms with Gasteiger partial charge in [-0.15, -0.1) is 0 Å². The van der Waals surface area contributed by atoms with Crippen molar-refractivity contribution >= 4 is 11.6 Å². The van der Waals surface area contributed by atoms with Crippen LogP contribution in [0.1, 0.15) is 0 Å². The molecule has 14 heavy (non-hydrogen) atoms. The third kappa shape index (κ3) is 2.67. The van der Waals surface area contributed by atoms with E-state index in [9.17, 15) is 13.2 Å². The van der Waals surface area contributed by atoms with E-state index in [4.69, 9.17) is 16.9 Å². The van der Waals surface area contributed by atoms with Crippen molar-refractivity contribution in [3.8, 4) is 6.07 Å². The van der Waals surface area contributed by atoms with Crippen LogP contribution in [0.4, 0.5) is 13.2 Å². The van der Waals surface area contributed by atoms with Gasteiger partial charge < -0.3 is 4.90 Å². The molecule has 0 spiro atoms. The minimum Gasteiger partial charge on any atom is -0.358 e. The maximum Gasteiger partial charge on any atom is 0.414 e. The van der Waals surface area contributed by atoms with Gasteiger partial charge in [0.2, 0.25) is 0 Å². The van der Waals surface area contributed by atoms with Gasteiger partial charge in [-0.3, -0.25) is 0 Å². The van der Waals surface area contributed by atoms with Crippen LogP contribution < -0.4 is 0 Å². The number of halogens is 4. The van der Waals surface area contributed by atoms with Crippen molar-refractivity contribution < 1.29 is 13.2 Å². The Balaban J connectivity index is 2.83. The predicted octanol–water partition coefficient (Wildman–Crippen LogP) is 2.39. The van der Waals surface area contributed by atoms with Crippen LogP contribution in [0.3, 0.4) is 0 Å². The highest BCUT2D eigenvalue weighted by Crippen LogP contribution is 2.30. The highest BCUT2D eigenvalue weighted by atomic mass is 35.5. The van der Waals surface area contributed by atoms with Crippen molar-refractivity contribution in [3.63, 3.8) is 0 Å². The molecule has 1 aliphatic rings. The Bertz CT molecular complexity index is 324. The maximum atomic E-state index is 12.3. The molecule has 0 fully saturated rings. The molecule has 1 heterocycles. The first-order valence-electron chi connectivity index (χ1n) is 3.69. The van der Waals surface area contributed by atoms with Gasteiger partial charge in [-0.2, -0.15) is 18.4 Å². The maximum absolute atomic E-state index is 12.3. The Morgan fingerprint density at radius 2 is 2.21 bits per heavy atom. The normalized spacial score (nSPS) is 17.2. The molecule has 0 unspecified atom stereocenters. The number of rotatable bonds is 1. The van der Waals surface area contributed by atoms with E-state index in [-0.39, 0.29) is 18.1 Å². The van der Waals surface area contributed by atoms with Gasteiger partial charge in [0.15, 0.2) is 0 Å². The number of nitrogens with zero attached hydrogens (tertiary/aromatic N) is 2. The van der Waals surface area contributed by atoms with E-state index in [1.165, 1.54) is 11.1 Å². The molecule has 1 aliphatic heterocycles. The summed E-state index contributed by atoms with van der Waals surface area (Å²) in [5.41, 5.74) is -0.736. The van der Waals surface area contributed by atoms with E-state index in [0.29, 0.717) is 0 Å². The molecule has 0 radical (unpaired) electrons. The van der Waals surface area contributed by atoms with Crippen LogP contribution in [-0.4, -0.2) is 24.2 Å². The molecule has 0 aromatic carbocycles. The zero-order valence-corrected chi connectivity index (χ0v) is 7.73. The van der Waals surface area contributed by atoms with Crippen molar-refractivity contribution in [1.29, 1.82) is 5.26 Å². The molecule has 0 bridgehead atoms. The van der Waals surface area contributed by atoms with Crippen LogP contribution in [0.15, 0.2) is 22.9 Å². The van der Waals surface area contributed by atoms with Crippen molar-refractivity contribution in [2.75, 3.05) is 13.1 Å². The van der Waals surface area contributed by atoms with E-state index in [1.807, 2.05) is 0 Å². The largest absolute Gasteiger partial charge is 0.414 e. The second kappa shape index (κ2) is 3.93. The molecule has 0 amide bonds. The number of nitriles is 1. The summed E-state index contributed by atoms with van der Waals surface area (Å²) < 4.78 is 36.8. The smallest absolute Gasteiger partial charge is 0.358 e. The fraction of sp³-hybridized carbons (Fsp3) is 0.375. The van der Waals surface area contributed by atoms with Crippen LogP contribution in [0.5, 0.6) is 0 Å². The summed E-state index contributed by atoms with van der Waals surface area (Å²) in [5.74, 6) is 0. The van der Waals surface area contributed by atoms with Crippen molar-refractivity contribution in [3.05, 3.63) is 22.9 Å². The van der Waals surface area contributed by atoms with E-state index < -0.39 is 11.7 Å². The molecule has 6 heteroatoms. The molecule has 0 saturated carbocycles. The van der Waals surface area contributed by atoms with E-state index in [0.717, 1.165) is 6.08 Å². The molecule has 0 atom stereocenters. The summed E-state index contributed by atoms with van der Waals surface area (Å²) in [4.78, 5) is 1.21. The molecule has 0 saturated heterocycles. The number of hydrogen-bond donors (Lipinski definition) is 0. The second-order valence-electron chi connectivity index (χ2n) is 2.74. The van der Waals surface area contributed by atoms with E-state index in [1.54, 1.807) is 6.07 Å². The Morgan fingerprint density at radius 3 is 2.71 bits per heavy atom.